The molecule has 0 aliphatic heterocycles. The molecule has 0 aliphatic rings. The number of aromatic amines is 1. The Kier molecular flexibility index (Phi) is 7.88. The van der Waals surface area contributed by atoms with Gasteiger partial charge in [-0.25, -0.2) is 27.3 Å². The smallest absolute Gasteiger partial charge is 0.406 e. The first-order valence-corrected chi connectivity index (χ1v) is 12.0. The molecule has 0 bridgehead atoms. The molecule has 0 spiro atoms. The highest BCUT2D eigenvalue weighted by Gasteiger charge is 2.19. The summed E-state index contributed by atoms with van der Waals surface area (Å²) in [6.07, 6.45) is 1.35. The van der Waals surface area contributed by atoms with Crippen LogP contribution in [0.4, 0.5) is 9.18 Å². The Hall–Kier alpha value is -2.47. The lowest BCUT2D eigenvalue weighted by atomic mass is 10.2. The molecule has 0 saturated carbocycles. The van der Waals surface area contributed by atoms with Gasteiger partial charge in [-0.05, 0) is 58.7 Å². The van der Waals surface area contributed by atoms with E-state index in [-0.39, 0.29) is 28.8 Å². The number of imidazole rings is 1. The minimum absolute atomic E-state index is 0.0585. The average Bonchev–Trinajstić information content (AvgIpc) is 3.25. The first-order chi connectivity index (χ1) is 15.2. The van der Waals surface area contributed by atoms with Crippen molar-refractivity contribution in [3.8, 4) is 22.6 Å². The van der Waals surface area contributed by atoms with Crippen molar-refractivity contribution in [3.63, 3.8) is 0 Å². The van der Waals surface area contributed by atoms with E-state index in [2.05, 4.69) is 40.7 Å². The van der Waals surface area contributed by atoms with Crippen molar-refractivity contribution in [2.24, 2.45) is 0 Å². The Balaban J connectivity index is 1.76. The number of benzene rings is 2. The molecule has 0 radical (unpaired) electrons. The number of ether oxygens (including phenoxy) is 1. The van der Waals surface area contributed by atoms with Crippen LogP contribution in [-0.4, -0.2) is 44.7 Å². The van der Waals surface area contributed by atoms with Crippen LogP contribution < -0.4 is 10.0 Å². The number of H-pyrrole nitrogens is 1. The minimum atomic E-state index is -3.90. The molecule has 0 fully saturated rings. The van der Waals surface area contributed by atoms with Gasteiger partial charge in [0.2, 0.25) is 10.0 Å². The summed E-state index contributed by atoms with van der Waals surface area (Å²) in [5, 5.41) is 2.52. The lowest BCUT2D eigenvalue weighted by Gasteiger charge is -2.10. The van der Waals surface area contributed by atoms with Gasteiger partial charge in [0.1, 0.15) is 16.5 Å². The number of sulfonamides is 1. The van der Waals surface area contributed by atoms with E-state index in [4.69, 9.17) is 11.6 Å². The second kappa shape index (κ2) is 10.4. The third kappa shape index (κ3) is 5.85. The average molecular weight is 546 g/mol. The Morgan fingerprint density at radius 2 is 1.97 bits per heavy atom. The van der Waals surface area contributed by atoms with Crippen molar-refractivity contribution in [2.75, 3.05) is 20.2 Å². The van der Waals surface area contributed by atoms with Gasteiger partial charge < -0.3 is 15.0 Å². The first-order valence-electron chi connectivity index (χ1n) is 9.33. The summed E-state index contributed by atoms with van der Waals surface area (Å²) in [6, 6.07) is 9.09. The first kappa shape index (κ1) is 24.2. The standard InChI is InChI=1S/C20H19BrClFN4O4S/c1-31-20(28)24-7-2-8-26-32(29,30)18-10-13(3-5-15(18)22)19-25-11-17(27-19)12-4-6-16(23)14(21)9-12/h3-6,9-11,26H,2,7-8H2,1H3,(H,24,28)(H,25,27). The molecule has 3 aromatic rings. The molecule has 12 heteroatoms. The number of carbonyl (C=O) groups excluding carboxylic acids is 1. The number of halogens is 3. The van der Waals surface area contributed by atoms with Crippen molar-refractivity contribution in [3.05, 3.63) is 57.9 Å². The third-order valence-corrected chi connectivity index (χ3v) is 6.95. The largest absolute Gasteiger partial charge is 0.453 e. The lowest BCUT2D eigenvalue weighted by molar-refractivity contribution is 0.171. The fourth-order valence-corrected chi connectivity index (χ4v) is 4.75. The van der Waals surface area contributed by atoms with Crippen molar-refractivity contribution in [2.45, 2.75) is 11.3 Å². The van der Waals surface area contributed by atoms with Gasteiger partial charge in [-0.15, -0.1) is 0 Å². The van der Waals surface area contributed by atoms with Gasteiger partial charge in [-0.2, -0.15) is 0 Å². The Morgan fingerprint density at radius 1 is 1.22 bits per heavy atom. The van der Waals surface area contributed by atoms with E-state index in [1.165, 1.54) is 25.3 Å². The molecule has 1 aromatic heterocycles. The third-order valence-electron chi connectivity index (χ3n) is 4.40. The van der Waals surface area contributed by atoms with Gasteiger partial charge >= 0.3 is 6.09 Å². The molecule has 170 valence electrons. The SMILES string of the molecule is COC(=O)NCCCNS(=O)(=O)c1cc(-c2ncc(-c3ccc(F)c(Br)c3)[nH]2)ccc1Cl. The number of nitrogens with zero attached hydrogens (tertiary/aromatic N) is 1. The highest BCUT2D eigenvalue weighted by atomic mass is 79.9. The van der Waals surface area contributed by atoms with Crippen LogP contribution in [0.3, 0.4) is 0 Å². The number of hydrogen-bond acceptors (Lipinski definition) is 5. The highest BCUT2D eigenvalue weighted by molar-refractivity contribution is 9.10. The predicted molar refractivity (Wildman–Crippen MR) is 122 cm³/mol. The topological polar surface area (TPSA) is 113 Å². The zero-order valence-electron chi connectivity index (χ0n) is 16.8. The number of carbonyl (C=O) groups is 1. The molecular formula is C20H19BrClFN4O4S. The predicted octanol–water partition coefficient (Wildman–Crippen LogP) is 4.32. The summed E-state index contributed by atoms with van der Waals surface area (Å²) >= 11 is 9.29. The van der Waals surface area contributed by atoms with E-state index in [9.17, 15) is 17.6 Å². The molecule has 8 nitrogen and oxygen atoms in total. The normalized spacial score (nSPS) is 11.4. The van der Waals surface area contributed by atoms with Crippen molar-refractivity contribution in [1.29, 1.82) is 0 Å². The monoisotopic (exact) mass is 544 g/mol. The number of rotatable bonds is 8. The maximum absolute atomic E-state index is 13.5. The molecular weight excluding hydrogens is 527 g/mol. The summed E-state index contributed by atoms with van der Waals surface area (Å²) in [7, 11) is -2.66. The molecule has 32 heavy (non-hydrogen) atoms. The summed E-state index contributed by atoms with van der Waals surface area (Å²) in [5.41, 5.74) is 1.85. The van der Waals surface area contributed by atoms with E-state index in [1.54, 1.807) is 24.4 Å². The van der Waals surface area contributed by atoms with Gasteiger partial charge in [0.05, 0.1) is 28.5 Å². The number of nitrogens with one attached hydrogen (secondary N) is 3. The van der Waals surface area contributed by atoms with Crippen LogP contribution in [-0.2, 0) is 14.8 Å². The van der Waals surface area contributed by atoms with Crippen LogP contribution in [0, 0.1) is 5.82 Å². The van der Waals surface area contributed by atoms with Crippen LogP contribution >= 0.6 is 27.5 Å². The number of aromatic nitrogens is 2. The molecule has 3 N–H and O–H groups in total. The number of hydrogen-bond donors (Lipinski definition) is 3. The summed E-state index contributed by atoms with van der Waals surface area (Å²) in [5.74, 6) is 0.0467. The van der Waals surface area contributed by atoms with Gasteiger partial charge in [0, 0.05) is 24.2 Å². The van der Waals surface area contributed by atoms with Crippen LogP contribution in [0.1, 0.15) is 6.42 Å². The number of alkyl carbamates (subject to hydrolysis) is 1. The summed E-state index contributed by atoms with van der Waals surface area (Å²) in [4.78, 5) is 18.3. The molecule has 0 aliphatic carbocycles. The van der Waals surface area contributed by atoms with E-state index >= 15 is 0 Å². The second-order valence-corrected chi connectivity index (χ2v) is 9.59. The van der Waals surface area contributed by atoms with Gasteiger partial charge in [0.25, 0.3) is 0 Å². The van der Waals surface area contributed by atoms with Crippen LogP contribution in [0.2, 0.25) is 5.02 Å². The Labute approximate surface area is 197 Å². The molecule has 0 atom stereocenters. The van der Waals surface area contributed by atoms with Gasteiger partial charge in [-0.1, -0.05) is 11.6 Å². The van der Waals surface area contributed by atoms with Crippen LogP contribution in [0.5, 0.6) is 0 Å². The molecule has 1 heterocycles. The Bertz CT molecular complexity index is 1240. The molecule has 0 unspecified atom stereocenters. The van der Waals surface area contributed by atoms with Crippen molar-refractivity contribution >= 4 is 43.6 Å². The minimum Gasteiger partial charge on any atom is -0.453 e. The maximum atomic E-state index is 13.5. The zero-order chi connectivity index (χ0) is 23.3. The maximum Gasteiger partial charge on any atom is 0.406 e. The van der Waals surface area contributed by atoms with E-state index in [1.807, 2.05) is 0 Å². The van der Waals surface area contributed by atoms with Gasteiger partial charge in [-0.3, -0.25) is 0 Å². The fourth-order valence-electron chi connectivity index (χ4n) is 2.77. The summed E-state index contributed by atoms with van der Waals surface area (Å²) < 4.78 is 46.1. The highest BCUT2D eigenvalue weighted by Crippen LogP contribution is 2.29. The lowest BCUT2D eigenvalue weighted by Crippen LogP contribution is -2.30. The molecule has 3 rings (SSSR count). The molecule has 1 amide bonds. The fraction of sp³-hybridized carbons (Fsp3) is 0.200. The number of methoxy groups -OCH3 is 1. The van der Waals surface area contributed by atoms with Gasteiger partial charge in [0.15, 0.2) is 0 Å². The van der Waals surface area contributed by atoms with E-state index < -0.39 is 16.1 Å². The van der Waals surface area contributed by atoms with Crippen molar-refractivity contribution in [1.82, 2.24) is 20.0 Å². The molecule has 0 saturated heterocycles. The quantitative estimate of drug-likeness (QED) is 0.365. The number of amides is 1. The molecule has 2 aromatic carbocycles. The second-order valence-electron chi connectivity index (χ2n) is 6.59. The zero-order valence-corrected chi connectivity index (χ0v) is 19.9. The van der Waals surface area contributed by atoms with E-state index in [0.29, 0.717) is 33.5 Å². The van der Waals surface area contributed by atoms with E-state index in [0.717, 1.165) is 0 Å². The van der Waals surface area contributed by atoms with Crippen LogP contribution in [0.15, 0.2) is 52.0 Å². The van der Waals surface area contributed by atoms with Crippen LogP contribution in [0.25, 0.3) is 22.6 Å². The summed E-state index contributed by atoms with van der Waals surface area (Å²) in [6.45, 7) is 0.342. The Morgan fingerprint density at radius 3 is 2.69 bits per heavy atom. The van der Waals surface area contributed by atoms with Crippen molar-refractivity contribution < 1.29 is 22.3 Å².